The highest BCUT2D eigenvalue weighted by Gasteiger charge is 2.14. The van der Waals surface area contributed by atoms with Crippen LogP contribution in [0.1, 0.15) is 12.8 Å². The molecule has 0 bridgehead atoms. The van der Waals surface area contributed by atoms with Crippen molar-refractivity contribution in [2.45, 2.75) is 19.4 Å². The molecule has 4 heteroatoms. The lowest BCUT2D eigenvalue weighted by Gasteiger charge is -2.26. The Morgan fingerprint density at radius 2 is 0.776 bits per heavy atom. The van der Waals surface area contributed by atoms with Gasteiger partial charge in [0, 0.05) is 65.7 Å². The fourth-order valence-corrected chi connectivity index (χ4v) is 6.31. The Balaban J connectivity index is 1.03. The van der Waals surface area contributed by atoms with Gasteiger partial charge in [-0.3, -0.25) is 0 Å². The molecule has 7 rings (SSSR count). The molecular weight excluding hydrogens is 597 g/mol. The fraction of sp³-hybridized carbons (Fsp3) is 0.111. The molecule has 0 aliphatic carbocycles. The summed E-state index contributed by atoms with van der Waals surface area (Å²) in [5, 5.41) is 0. The number of aryl methyl sites for hydroxylation is 2. The molecule has 2 aromatic heterocycles. The van der Waals surface area contributed by atoms with Crippen LogP contribution in [0.15, 0.2) is 189 Å². The standard InChI is InChI=1S/C45H42N4/c1-46-33-27-39(28-34-46)40-29-35-47(36-30-40)31-11-12-32-48(41-13-5-2-6-14-41)42-23-19-37(20-24-42)38-21-25-45(26-22-38)49(43-15-7-3-8-16-43)44-17-9-4-10-18-44/h2-10,13-30,33-36H,11-12,31-32H2,1H3/q+2. The smallest absolute Gasteiger partial charge is 0.169 e. The first-order valence-corrected chi connectivity index (χ1v) is 17.1. The van der Waals surface area contributed by atoms with E-state index in [2.05, 4.69) is 208 Å². The van der Waals surface area contributed by atoms with Gasteiger partial charge in [0.05, 0.1) is 0 Å². The third kappa shape index (κ3) is 7.77. The zero-order chi connectivity index (χ0) is 33.3. The Labute approximate surface area is 290 Å². The lowest BCUT2D eigenvalue weighted by molar-refractivity contribution is -0.697. The van der Waals surface area contributed by atoms with Crippen molar-refractivity contribution in [1.29, 1.82) is 0 Å². The number of rotatable bonds is 12. The largest absolute Gasteiger partial charge is 0.341 e. The summed E-state index contributed by atoms with van der Waals surface area (Å²) in [6, 6.07) is 58.4. The van der Waals surface area contributed by atoms with E-state index in [0.29, 0.717) is 0 Å². The second-order valence-corrected chi connectivity index (χ2v) is 12.4. The molecule has 49 heavy (non-hydrogen) atoms. The second-order valence-electron chi connectivity index (χ2n) is 12.4. The van der Waals surface area contributed by atoms with Crippen LogP contribution in [0.5, 0.6) is 0 Å². The van der Waals surface area contributed by atoms with Gasteiger partial charge in [-0.15, -0.1) is 0 Å². The molecule has 0 saturated heterocycles. The number of unbranched alkanes of at least 4 members (excludes halogenated alkanes) is 1. The third-order valence-corrected chi connectivity index (χ3v) is 8.99. The summed E-state index contributed by atoms with van der Waals surface area (Å²) >= 11 is 0. The third-order valence-electron chi connectivity index (χ3n) is 8.99. The van der Waals surface area contributed by atoms with Crippen LogP contribution in [-0.2, 0) is 13.6 Å². The van der Waals surface area contributed by atoms with Crippen LogP contribution in [-0.4, -0.2) is 6.54 Å². The van der Waals surface area contributed by atoms with E-state index < -0.39 is 0 Å². The Morgan fingerprint density at radius 1 is 0.388 bits per heavy atom. The van der Waals surface area contributed by atoms with Crippen molar-refractivity contribution in [2.75, 3.05) is 16.3 Å². The van der Waals surface area contributed by atoms with Crippen molar-refractivity contribution in [3.05, 3.63) is 189 Å². The molecule has 2 heterocycles. The number of pyridine rings is 2. The van der Waals surface area contributed by atoms with Gasteiger partial charge in [0.15, 0.2) is 24.8 Å². The number of nitrogens with zero attached hydrogens (tertiary/aromatic N) is 4. The van der Waals surface area contributed by atoms with E-state index in [0.717, 1.165) is 43.0 Å². The molecule has 0 N–H and O–H groups in total. The number of hydrogen-bond acceptors (Lipinski definition) is 2. The minimum Gasteiger partial charge on any atom is -0.341 e. The summed E-state index contributed by atoms with van der Waals surface area (Å²) in [7, 11) is 2.04. The number of anilines is 5. The van der Waals surface area contributed by atoms with E-state index in [9.17, 15) is 0 Å². The van der Waals surface area contributed by atoms with Crippen molar-refractivity contribution in [3.8, 4) is 22.3 Å². The number of aromatic nitrogens is 2. The maximum atomic E-state index is 2.44. The SMILES string of the molecule is C[n+]1ccc(-c2cc[n+](CCCCN(c3ccccc3)c3ccc(-c4ccc(N(c5ccccc5)c5ccccc5)cc4)cc3)cc2)cc1. The van der Waals surface area contributed by atoms with Gasteiger partial charge < -0.3 is 9.80 Å². The van der Waals surface area contributed by atoms with Crippen LogP contribution in [0.3, 0.4) is 0 Å². The molecule has 0 fully saturated rings. The number of hydrogen-bond donors (Lipinski definition) is 0. The molecule has 7 aromatic rings. The van der Waals surface area contributed by atoms with Crippen LogP contribution in [0.2, 0.25) is 0 Å². The summed E-state index contributed by atoms with van der Waals surface area (Å²) in [5.74, 6) is 0. The Hall–Kier alpha value is -6.00. The Morgan fingerprint density at radius 3 is 1.29 bits per heavy atom. The van der Waals surface area contributed by atoms with Gasteiger partial charge in [-0.2, -0.15) is 0 Å². The highest BCUT2D eigenvalue weighted by molar-refractivity contribution is 5.78. The van der Waals surface area contributed by atoms with E-state index in [1.54, 1.807) is 0 Å². The molecule has 0 unspecified atom stereocenters. The lowest BCUT2D eigenvalue weighted by atomic mass is 10.0. The minimum absolute atomic E-state index is 0.951. The molecule has 0 aliphatic rings. The topological polar surface area (TPSA) is 14.2 Å². The zero-order valence-corrected chi connectivity index (χ0v) is 28.0. The van der Waals surface area contributed by atoms with Crippen LogP contribution in [0.25, 0.3) is 22.3 Å². The highest BCUT2D eigenvalue weighted by atomic mass is 15.1. The summed E-state index contributed by atoms with van der Waals surface area (Å²) in [6.45, 7) is 1.94. The van der Waals surface area contributed by atoms with E-state index in [1.807, 2.05) is 7.05 Å². The van der Waals surface area contributed by atoms with Crippen LogP contribution in [0, 0.1) is 0 Å². The summed E-state index contributed by atoms with van der Waals surface area (Å²) in [5.41, 5.74) is 10.7. The number of benzene rings is 5. The molecular formula is C45H42N4+2. The van der Waals surface area contributed by atoms with Gasteiger partial charge >= 0.3 is 0 Å². The molecule has 0 saturated carbocycles. The van der Waals surface area contributed by atoms with E-state index >= 15 is 0 Å². The maximum absolute atomic E-state index is 2.44. The summed E-state index contributed by atoms with van der Waals surface area (Å²) in [4.78, 5) is 4.73. The molecule has 0 atom stereocenters. The quantitative estimate of drug-likeness (QED) is 0.0977. The molecule has 0 radical (unpaired) electrons. The highest BCUT2D eigenvalue weighted by Crippen LogP contribution is 2.36. The van der Waals surface area contributed by atoms with E-state index in [1.165, 1.54) is 33.6 Å². The normalized spacial score (nSPS) is 10.9. The average molecular weight is 639 g/mol. The van der Waals surface area contributed by atoms with Gasteiger partial charge in [0.25, 0.3) is 0 Å². The zero-order valence-electron chi connectivity index (χ0n) is 28.0. The van der Waals surface area contributed by atoms with E-state index in [-0.39, 0.29) is 0 Å². The predicted molar refractivity (Wildman–Crippen MR) is 202 cm³/mol. The fourth-order valence-electron chi connectivity index (χ4n) is 6.31. The average Bonchev–Trinajstić information content (AvgIpc) is 3.17. The van der Waals surface area contributed by atoms with Crippen molar-refractivity contribution in [2.24, 2.45) is 7.05 Å². The minimum atomic E-state index is 0.951. The summed E-state index contributed by atoms with van der Waals surface area (Å²) < 4.78 is 4.35. The maximum Gasteiger partial charge on any atom is 0.169 e. The molecule has 0 aliphatic heterocycles. The molecule has 4 nitrogen and oxygen atoms in total. The van der Waals surface area contributed by atoms with Crippen LogP contribution < -0.4 is 18.9 Å². The van der Waals surface area contributed by atoms with Gasteiger partial charge in [-0.1, -0.05) is 78.9 Å². The van der Waals surface area contributed by atoms with Gasteiger partial charge in [0.2, 0.25) is 0 Å². The van der Waals surface area contributed by atoms with Crippen molar-refractivity contribution in [1.82, 2.24) is 0 Å². The predicted octanol–water partition coefficient (Wildman–Crippen LogP) is 10.2. The molecule has 0 amide bonds. The van der Waals surface area contributed by atoms with Crippen LogP contribution in [0.4, 0.5) is 28.4 Å². The van der Waals surface area contributed by atoms with Crippen molar-refractivity contribution < 1.29 is 9.13 Å². The molecule has 5 aromatic carbocycles. The van der Waals surface area contributed by atoms with Gasteiger partial charge in [0.1, 0.15) is 13.6 Å². The van der Waals surface area contributed by atoms with E-state index in [4.69, 9.17) is 0 Å². The van der Waals surface area contributed by atoms with Gasteiger partial charge in [-0.05, 0) is 89.3 Å². The monoisotopic (exact) mass is 638 g/mol. The number of para-hydroxylation sites is 3. The van der Waals surface area contributed by atoms with Gasteiger partial charge in [-0.25, -0.2) is 9.13 Å². The summed E-state index contributed by atoms with van der Waals surface area (Å²) in [6.07, 6.45) is 10.8. The molecule has 240 valence electrons. The molecule has 0 spiro atoms. The first-order chi connectivity index (χ1) is 24.2. The second kappa shape index (κ2) is 15.3. The van der Waals surface area contributed by atoms with Crippen molar-refractivity contribution >= 4 is 28.4 Å². The first kappa shape index (κ1) is 31.6. The first-order valence-electron chi connectivity index (χ1n) is 17.1. The lowest BCUT2D eigenvalue weighted by Crippen LogP contribution is -2.33. The Kier molecular flexibility index (Phi) is 9.84. The Bertz CT molecular complexity index is 1990. The van der Waals surface area contributed by atoms with Crippen molar-refractivity contribution in [3.63, 3.8) is 0 Å². The van der Waals surface area contributed by atoms with Crippen LogP contribution >= 0.6 is 0 Å².